The van der Waals surface area contributed by atoms with E-state index in [9.17, 15) is 0 Å². The second-order valence-corrected chi connectivity index (χ2v) is 11.1. The first-order valence-electron chi connectivity index (χ1n) is 13.6. The zero-order valence-corrected chi connectivity index (χ0v) is 23.1. The van der Waals surface area contributed by atoms with Gasteiger partial charge in [-0.3, -0.25) is 0 Å². The number of hydrogen-bond donors (Lipinski definition) is 0. The van der Waals surface area contributed by atoms with Gasteiger partial charge in [0.15, 0.2) is 0 Å². The summed E-state index contributed by atoms with van der Waals surface area (Å²) in [5.74, 6) is 0. The molecule has 0 fully saturated rings. The minimum atomic E-state index is 1.04. The molecule has 0 unspecified atom stereocenters. The number of rotatable bonds is 5. The Kier molecular flexibility index (Phi) is 5.86. The molecule has 0 aliphatic heterocycles. The molecule has 184 valence electrons. The van der Waals surface area contributed by atoms with Crippen LogP contribution in [0.15, 0.2) is 108 Å². The van der Waals surface area contributed by atoms with Crippen LogP contribution in [-0.2, 0) is 6.42 Å². The van der Waals surface area contributed by atoms with Gasteiger partial charge in [0.05, 0.1) is 11.2 Å². The highest BCUT2D eigenvalue weighted by atomic mass is 79.9. The third kappa shape index (κ3) is 3.62. The maximum atomic E-state index is 5.52. The number of nitrogens with zero attached hydrogens (tertiary/aromatic N) is 1. The summed E-state index contributed by atoms with van der Waals surface area (Å²) in [7, 11) is 0. The molecule has 0 aliphatic rings. The van der Waals surface area contributed by atoms with Crippen molar-refractivity contribution in [2.24, 2.45) is 0 Å². The maximum Gasteiger partial charge on any atom is 0.0800 e. The van der Waals surface area contributed by atoms with Crippen molar-refractivity contribution in [1.82, 2.24) is 4.98 Å². The van der Waals surface area contributed by atoms with E-state index in [-0.39, 0.29) is 0 Å². The number of aryl methyl sites for hydroxylation is 1. The van der Waals surface area contributed by atoms with E-state index in [4.69, 9.17) is 4.98 Å². The van der Waals surface area contributed by atoms with E-state index in [2.05, 4.69) is 126 Å². The molecule has 6 aromatic carbocycles. The largest absolute Gasteiger partial charge is 0.246 e. The van der Waals surface area contributed by atoms with Gasteiger partial charge in [-0.1, -0.05) is 133 Å². The average Bonchev–Trinajstić information content (AvgIpc) is 2.97. The summed E-state index contributed by atoms with van der Waals surface area (Å²) in [6, 6.07) is 37.5. The van der Waals surface area contributed by atoms with E-state index in [1.807, 2.05) is 0 Å². The Balaban J connectivity index is 1.66. The van der Waals surface area contributed by atoms with Crippen molar-refractivity contribution in [3.63, 3.8) is 0 Å². The van der Waals surface area contributed by atoms with E-state index in [1.165, 1.54) is 78.9 Å². The monoisotopic (exact) mass is 553 g/mol. The molecule has 7 aromatic rings. The van der Waals surface area contributed by atoms with Gasteiger partial charge in [-0.05, 0) is 56.8 Å². The van der Waals surface area contributed by atoms with Gasteiger partial charge < -0.3 is 0 Å². The Morgan fingerprint density at radius 2 is 1.18 bits per heavy atom. The number of aromatic nitrogens is 1. The first kappa shape index (κ1) is 23.4. The van der Waals surface area contributed by atoms with Crippen molar-refractivity contribution in [3.05, 3.63) is 113 Å². The number of pyridine rings is 1. The lowest BCUT2D eigenvalue weighted by Crippen LogP contribution is -1.95. The van der Waals surface area contributed by atoms with Crippen molar-refractivity contribution >= 4 is 69.9 Å². The molecular formula is C36H28BrN. The molecule has 1 heterocycles. The van der Waals surface area contributed by atoms with Crippen LogP contribution in [0, 0.1) is 0 Å². The molecule has 0 bridgehead atoms. The minimum Gasteiger partial charge on any atom is -0.246 e. The van der Waals surface area contributed by atoms with Crippen molar-refractivity contribution < 1.29 is 0 Å². The van der Waals surface area contributed by atoms with Gasteiger partial charge >= 0.3 is 0 Å². The third-order valence-corrected chi connectivity index (χ3v) is 8.65. The highest BCUT2D eigenvalue weighted by molar-refractivity contribution is 9.10. The zero-order chi connectivity index (χ0) is 25.6. The van der Waals surface area contributed by atoms with Crippen LogP contribution in [0.1, 0.15) is 31.7 Å². The second kappa shape index (κ2) is 9.53. The molecule has 0 radical (unpaired) electrons. The van der Waals surface area contributed by atoms with Crippen LogP contribution in [0.2, 0.25) is 0 Å². The summed E-state index contributed by atoms with van der Waals surface area (Å²) >= 11 is 3.76. The summed E-state index contributed by atoms with van der Waals surface area (Å²) in [5, 5.41) is 11.4. The molecular weight excluding hydrogens is 526 g/mol. The third-order valence-electron chi connectivity index (χ3n) is 7.96. The number of fused-ring (bicyclic) bond motifs is 9. The van der Waals surface area contributed by atoms with Gasteiger partial charge in [0.2, 0.25) is 0 Å². The van der Waals surface area contributed by atoms with Gasteiger partial charge in [0, 0.05) is 26.2 Å². The quantitative estimate of drug-likeness (QED) is 0.152. The topological polar surface area (TPSA) is 12.9 Å². The summed E-state index contributed by atoms with van der Waals surface area (Å²) < 4.78 is 1.11. The number of hydrogen-bond acceptors (Lipinski definition) is 1. The van der Waals surface area contributed by atoms with Crippen LogP contribution in [0.4, 0.5) is 0 Å². The summed E-state index contributed by atoms with van der Waals surface area (Å²) in [6.45, 7) is 2.27. The van der Waals surface area contributed by atoms with Crippen LogP contribution in [-0.4, -0.2) is 4.98 Å². The molecule has 38 heavy (non-hydrogen) atoms. The lowest BCUT2D eigenvalue weighted by atomic mass is 9.89. The van der Waals surface area contributed by atoms with Crippen LogP contribution in [0.5, 0.6) is 0 Å². The maximum absolute atomic E-state index is 5.52. The Bertz CT molecular complexity index is 2000. The second-order valence-electron chi connectivity index (χ2n) is 10.2. The molecule has 1 nitrogen and oxygen atoms in total. The molecule has 0 saturated carbocycles. The van der Waals surface area contributed by atoms with Gasteiger partial charge in [-0.15, -0.1) is 0 Å². The van der Waals surface area contributed by atoms with Gasteiger partial charge in [0.25, 0.3) is 0 Å². The molecule has 0 aliphatic carbocycles. The first-order valence-corrected chi connectivity index (χ1v) is 14.4. The highest BCUT2D eigenvalue weighted by Gasteiger charge is 2.19. The molecule has 0 saturated heterocycles. The van der Waals surface area contributed by atoms with Crippen LogP contribution in [0.3, 0.4) is 0 Å². The van der Waals surface area contributed by atoms with Crippen molar-refractivity contribution in [2.45, 2.75) is 32.6 Å². The molecule has 7 rings (SSSR count). The Morgan fingerprint density at radius 3 is 1.95 bits per heavy atom. The normalized spacial score (nSPS) is 11.8. The fraction of sp³-hybridized carbons (Fsp3) is 0.139. The molecule has 0 atom stereocenters. The van der Waals surface area contributed by atoms with Crippen LogP contribution >= 0.6 is 15.9 Å². The number of halogens is 1. The van der Waals surface area contributed by atoms with Crippen molar-refractivity contribution in [2.75, 3.05) is 0 Å². The Hall–Kier alpha value is -3.75. The van der Waals surface area contributed by atoms with Gasteiger partial charge in [-0.25, -0.2) is 4.98 Å². The van der Waals surface area contributed by atoms with E-state index in [1.54, 1.807) is 0 Å². The summed E-state index contributed by atoms with van der Waals surface area (Å²) in [5.41, 5.74) is 4.74. The Morgan fingerprint density at radius 1 is 0.553 bits per heavy atom. The predicted octanol–water partition coefficient (Wildman–Crippen LogP) is 11.0. The summed E-state index contributed by atoms with van der Waals surface area (Å²) in [4.78, 5) is 5.52. The summed E-state index contributed by atoms with van der Waals surface area (Å²) in [6.07, 6.45) is 4.82. The fourth-order valence-electron chi connectivity index (χ4n) is 6.21. The predicted molar refractivity (Wildman–Crippen MR) is 168 cm³/mol. The molecule has 2 heteroatoms. The molecule has 0 spiro atoms. The first-order chi connectivity index (χ1) is 18.8. The van der Waals surface area contributed by atoms with Gasteiger partial charge in [0.1, 0.15) is 0 Å². The zero-order valence-electron chi connectivity index (χ0n) is 21.5. The molecule has 0 N–H and O–H groups in total. The molecule has 0 amide bonds. The smallest absolute Gasteiger partial charge is 0.0800 e. The van der Waals surface area contributed by atoms with E-state index < -0.39 is 0 Å². The van der Waals surface area contributed by atoms with Crippen LogP contribution < -0.4 is 0 Å². The van der Waals surface area contributed by atoms with E-state index >= 15 is 0 Å². The fourth-order valence-corrected chi connectivity index (χ4v) is 6.69. The lowest BCUT2D eigenvalue weighted by Gasteiger charge is -2.18. The van der Waals surface area contributed by atoms with E-state index in [0.29, 0.717) is 0 Å². The number of unbranched alkanes of at least 4 members (excludes halogenated alkanes) is 2. The van der Waals surface area contributed by atoms with Crippen molar-refractivity contribution in [1.29, 1.82) is 0 Å². The Labute approximate surface area is 231 Å². The van der Waals surface area contributed by atoms with Crippen LogP contribution in [0.25, 0.3) is 65.3 Å². The SMILES string of the molecule is CCCCCc1cccc2c1c1ccccc1c1nc(-c3ccc(Br)c4ccccc34)c3ccccc3c21. The average molecular weight is 555 g/mol. The highest BCUT2D eigenvalue weighted by Crippen LogP contribution is 2.43. The molecule has 1 aromatic heterocycles. The van der Waals surface area contributed by atoms with Crippen molar-refractivity contribution in [3.8, 4) is 11.3 Å². The minimum absolute atomic E-state index is 1.04. The standard InChI is InChI=1S/C36H28BrN/c1-2-3-4-12-23-13-11-20-31-33(23)26-16-7-10-19-29(26)36-34(31)27-17-8-9-18-28(27)35(38-36)30-21-22-32(37)25-15-6-5-14-24(25)30/h5-11,13-22H,2-4,12H2,1H3. The number of benzene rings is 6. The van der Waals surface area contributed by atoms with Gasteiger partial charge in [-0.2, -0.15) is 0 Å². The lowest BCUT2D eigenvalue weighted by molar-refractivity contribution is 0.720. The van der Waals surface area contributed by atoms with E-state index in [0.717, 1.165) is 22.1 Å².